The van der Waals surface area contributed by atoms with Gasteiger partial charge in [0.2, 0.25) is 11.8 Å². The second-order valence-corrected chi connectivity index (χ2v) is 16.6. The van der Waals surface area contributed by atoms with Crippen LogP contribution in [0, 0.1) is 55.7 Å². The fourth-order valence-corrected chi connectivity index (χ4v) is 11.3. The predicted octanol–water partition coefficient (Wildman–Crippen LogP) is 6.98. The Balaban J connectivity index is 1.50. The monoisotopic (exact) mass is 573 g/mol. The number of fused-ring (bicyclic) bond motifs is 7. The summed E-state index contributed by atoms with van der Waals surface area (Å²) in [5.74, 6) is 0.733. The van der Waals surface area contributed by atoms with Gasteiger partial charge in [0.05, 0.1) is 5.57 Å². The first-order chi connectivity index (χ1) is 19.3. The zero-order valence-electron chi connectivity index (χ0n) is 26.9. The van der Waals surface area contributed by atoms with Crippen molar-refractivity contribution in [1.29, 1.82) is 5.26 Å². The number of aliphatic hydroxyl groups is 1. The number of nitriles is 1. The van der Waals surface area contributed by atoms with E-state index >= 15 is 0 Å². The Morgan fingerprint density at radius 1 is 0.976 bits per heavy atom. The van der Waals surface area contributed by atoms with E-state index in [0.717, 1.165) is 50.5 Å². The quantitative estimate of drug-likeness (QED) is 0.405. The molecule has 0 radical (unpaired) electrons. The minimum atomic E-state index is -0.826. The fraction of sp³-hybridized carbons (Fsp3) is 0.743. The summed E-state index contributed by atoms with van der Waals surface area (Å²) in [5, 5.41) is 28.5. The van der Waals surface area contributed by atoms with Gasteiger partial charge >= 0.3 is 0 Å². The van der Waals surface area contributed by atoms with Gasteiger partial charge in [0, 0.05) is 22.2 Å². The number of aromatic nitrogens is 2. The first-order valence-electron chi connectivity index (χ1n) is 15.8. The van der Waals surface area contributed by atoms with Gasteiger partial charge in [-0.2, -0.15) is 5.26 Å². The lowest BCUT2D eigenvalue weighted by Crippen LogP contribution is -2.68. The van der Waals surface area contributed by atoms with Crippen LogP contribution in [0.5, 0.6) is 0 Å². The molecule has 0 aliphatic heterocycles. The van der Waals surface area contributed by atoms with Gasteiger partial charge in [-0.25, -0.2) is 0 Å². The summed E-state index contributed by atoms with van der Waals surface area (Å²) >= 11 is 0. The number of Topliss-reactive ketones (excluding diaryl/α,β-unsaturated/α-hetero) is 1. The topological polar surface area (TPSA) is 117 Å². The number of rotatable bonds is 2. The minimum absolute atomic E-state index is 0.0184. The number of hydrogen-bond donors (Lipinski definition) is 1. The second kappa shape index (κ2) is 8.52. The van der Waals surface area contributed by atoms with Crippen LogP contribution in [0.2, 0.25) is 0 Å². The number of carbonyl (C=O) groups is 2. The van der Waals surface area contributed by atoms with Crippen LogP contribution in [-0.4, -0.2) is 26.9 Å². The molecule has 0 saturated heterocycles. The van der Waals surface area contributed by atoms with Crippen molar-refractivity contribution in [1.82, 2.24) is 10.2 Å². The molecule has 7 heteroatoms. The molecular weight excluding hydrogens is 526 g/mol. The van der Waals surface area contributed by atoms with Crippen LogP contribution in [0.25, 0.3) is 0 Å². The third kappa shape index (κ3) is 3.36. The highest BCUT2D eigenvalue weighted by Gasteiger charge is 2.72. The molecule has 3 fully saturated rings. The van der Waals surface area contributed by atoms with Crippen LogP contribution in [0.15, 0.2) is 27.7 Å². The van der Waals surface area contributed by atoms with E-state index in [0.29, 0.717) is 5.89 Å². The average Bonchev–Trinajstić information content (AvgIpc) is 3.41. The van der Waals surface area contributed by atoms with Gasteiger partial charge in [-0.3, -0.25) is 9.59 Å². The molecule has 1 heterocycles. The summed E-state index contributed by atoms with van der Waals surface area (Å²) in [7, 11) is 0. The van der Waals surface area contributed by atoms with Crippen LogP contribution in [0.1, 0.15) is 125 Å². The molecule has 1 aromatic heterocycles. The SMILES string of the molecule is C[C@H](O)c1nnc([C@@]2(C)CC[C@]3(C)CC[C@]4(C)[C@H](C(=O)C=C5[C@@]6(C)C=C(C#N)C(=O)C(C)(C)[C@@H]6CC[C@]54C)C3(C)C2)o1. The van der Waals surface area contributed by atoms with Crippen molar-refractivity contribution in [2.45, 2.75) is 119 Å². The fourth-order valence-electron chi connectivity index (χ4n) is 11.3. The van der Waals surface area contributed by atoms with Crippen molar-refractivity contribution in [2.75, 3.05) is 0 Å². The lowest BCUT2D eigenvalue weighted by molar-refractivity contribution is -0.198. The third-order valence-corrected chi connectivity index (χ3v) is 14.1. The number of carbonyl (C=O) groups excluding carboxylic acids is 2. The van der Waals surface area contributed by atoms with Crippen molar-refractivity contribution >= 4 is 11.6 Å². The van der Waals surface area contributed by atoms with Crippen LogP contribution >= 0.6 is 0 Å². The average molecular weight is 574 g/mol. The maximum atomic E-state index is 14.8. The Kier molecular flexibility index (Phi) is 5.98. The van der Waals surface area contributed by atoms with E-state index in [2.05, 4.69) is 57.8 Å². The summed E-state index contributed by atoms with van der Waals surface area (Å²) in [6, 6.07) is 2.20. The normalized spacial score (nSPS) is 46.7. The summed E-state index contributed by atoms with van der Waals surface area (Å²) in [6.45, 7) is 19.4. The van der Waals surface area contributed by atoms with Crippen molar-refractivity contribution < 1.29 is 19.1 Å². The lowest BCUT2D eigenvalue weighted by Gasteiger charge is -2.72. The third-order valence-electron chi connectivity index (χ3n) is 14.1. The van der Waals surface area contributed by atoms with E-state index in [1.54, 1.807) is 6.92 Å². The zero-order chi connectivity index (χ0) is 30.9. The molecule has 7 nitrogen and oxygen atoms in total. The van der Waals surface area contributed by atoms with Gasteiger partial charge < -0.3 is 9.52 Å². The molecule has 42 heavy (non-hydrogen) atoms. The van der Waals surface area contributed by atoms with Crippen LogP contribution in [0.3, 0.4) is 0 Å². The molecule has 5 aliphatic carbocycles. The van der Waals surface area contributed by atoms with Crippen molar-refractivity contribution in [3.8, 4) is 6.07 Å². The zero-order valence-corrected chi connectivity index (χ0v) is 26.9. The smallest absolute Gasteiger partial charge is 0.244 e. The van der Waals surface area contributed by atoms with E-state index in [1.807, 2.05) is 26.0 Å². The molecule has 9 atom stereocenters. The molecule has 6 rings (SSSR count). The van der Waals surface area contributed by atoms with E-state index in [1.165, 1.54) is 0 Å². The molecule has 0 bridgehead atoms. The molecule has 5 aliphatic rings. The summed E-state index contributed by atoms with van der Waals surface area (Å²) in [6.07, 6.45) is 9.44. The molecule has 0 amide bonds. The maximum Gasteiger partial charge on any atom is 0.244 e. The minimum Gasteiger partial charge on any atom is -0.422 e. The van der Waals surface area contributed by atoms with Crippen molar-refractivity contribution in [3.63, 3.8) is 0 Å². The van der Waals surface area contributed by atoms with Gasteiger partial charge in [-0.1, -0.05) is 67.0 Å². The Labute approximate surface area is 250 Å². The molecule has 3 saturated carbocycles. The molecule has 0 spiro atoms. The van der Waals surface area contributed by atoms with Gasteiger partial charge in [0.15, 0.2) is 11.6 Å². The molecule has 1 N–H and O–H groups in total. The van der Waals surface area contributed by atoms with Gasteiger partial charge in [-0.15, -0.1) is 10.2 Å². The Morgan fingerprint density at radius 2 is 1.64 bits per heavy atom. The van der Waals surface area contributed by atoms with Crippen LogP contribution < -0.4 is 0 Å². The van der Waals surface area contributed by atoms with Crippen molar-refractivity contribution in [2.24, 2.45) is 44.3 Å². The highest BCUT2D eigenvalue weighted by Crippen LogP contribution is 2.77. The summed E-state index contributed by atoms with van der Waals surface area (Å²) in [5.41, 5.74) is -1.15. The number of aliphatic hydroxyl groups excluding tert-OH is 1. The standard InChI is InChI=1S/C35H47N3O4/c1-20(39)27-37-38-28(42-27)30(4)12-13-31(5)14-15-34(8)25(35(31,9)19-30)22(40)16-24-32(6)17-21(18-36)26(41)29(2,3)23(32)10-11-33(24,34)7/h16-17,20,23,25,39H,10-15,19H2,1-9H3/t20-,23-,25-,30-,31+,32-,33+,34+,35?/m0/s1. The van der Waals surface area contributed by atoms with E-state index in [-0.39, 0.29) is 56.5 Å². The van der Waals surface area contributed by atoms with E-state index in [9.17, 15) is 20.0 Å². The second-order valence-electron chi connectivity index (χ2n) is 16.6. The Hall–Kier alpha value is -2.59. The molecular formula is C35H47N3O4. The molecule has 0 aromatic carbocycles. The largest absolute Gasteiger partial charge is 0.422 e. The van der Waals surface area contributed by atoms with Crippen LogP contribution in [-0.2, 0) is 15.0 Å². The first kappa shape index (κ1) is 29.5. The maximum absolute atomic E-state index is 14.8. The van der Waals surface area contributed by atoms with Crippen LogP contribution in [0.4, 0.5) is 0 Å². The number of ketones is 2. The molecule has 1 unspecified atom stereocenters. The summed E-state index contributed by atoms with van der Waals surface area (Å²) in [4.78, 5) is 28.1. The molecule has 226 valence electrons. The number of nitrogens with zero attached hydrogens (tertiary/aromatic N) is 3. The van der Waals surface area contributed by atoms with Gasteiger partial charge in [-0.05, 0) is 85.5 Å². The molecule has 1 aromatic rings. The number of hydrogen-bond acceptors (Lipinski definition) is 7. The van der Waals surface area contributed by atoms with E-state index in [4.69, 9.17) is 4.42 Å². The first-order valence-corrected chi connectivity index (χ1v) is 15.8. The Bertz CT molecular complexity index is 1500. The lowest BCUT2D eigenvalue weighted by atomic mass is 9.31. The summed E-state index contributed by atoms with van der Waals surface area (Å²) < 4.78 is 6.03. The Morgan fingerprint density at radius 3 is 2.26 bits per heavy atom. The van der Waals surface area contributed by atoms with Gasteiger partial charge in [0.25, 0.3) is 0 Å². The highest BCUT2D eigenvalue weighted by molar-refractivity contribution is 6.04. The van der Waals surface area contributed by atoms with Crippen molar-refractivity contribution in [3.05, 3.63) is 35.1 Å². The van der Waals surface area contributed by atoms with Gasteiger partial charge in [0.1, 0.15) is 12.2 Å². The predicted molar refractivity (Wildman–Crippen MR) is 158 cm³/mol. The van der Waals surface area contributed by atoms with E-state index < -0.39 is 22.3 Å². The highest BCUT2D eigenvalue weighted by atomic mass is 16.4. The number of allylic oxidation sites excluding steroid dienone is 4.